The van der Waals surface area contributed by atoms with Crippen LogP contribution in [0.4, 0.5) is 10.8 Å². The zero-order valence-electron chi connectivity index (χ0n) is 15.9. The van der Waals surface area contributed by atoms with Gasteiger partial charge in [-0.2, -0.15) is 0 Å². The average Bonchev–Trinajstić information content (AvgIpc) is 3.14. The fourth-order valence-electron chi connectivity index (χ4n) is 2.35. The van der Waals surface area contributed by atoms with Crippen LogP contribution < -0.4 is 15.4 Å². The molecule has 0 unspecified atom stereocenters. The number of methoxy groups -OCH3 is 1. The van der Waals surface area contributed by atoms with E-state index in [1.54, 1.807) is 7.11 Å². The van der Waals surface area contributed by atoms with Crippen LogP contribution in [0.3, 0.4) is 0 Å². The number of nitrogens with one attached hydrogen (secondary N) is 2. The number of hydrogen-bond donors (Lipinski definition) is 2. The number of nitrogens with zero attached hydrogens (tertiary/aromatic N) is 2. The summed E-state index contributed by atoms with van der Waals surface area (Å²) in [6.07, 6.45) is 0. The van der Waals surface area contributed by atoms with Gasteiger partial charge in [-0.25, -0.2) is 0 Å². The number of carbonyl (C=O) groups excluding carboxylic acids is 1. The van der Waals surface area contributed by atoms with Crippen molar-refractivity contribution in [2.45, 2.75) is 30.0 Å². The largest absolute Gasteiger partial charge is 0.497 e. The van der Waals surface area contributed by atoms with Crippen molar-refractivity contribution in [3.05, 3.63) is 59.7 Å². The molecule has 0 radical (unpaired) electrons. The van der Waals surface area contributed by atoms with E-state index in [1.807, 2.05) is 62.4 Å². The van der Waals surface area contributed by atoms with Crippen molar-refractivity contribution in [1.29, 1.82) is 0 Å². The Bertz CT molecular complexity index is 911. The van der Waals surface area contributed by atoms with Gasteiger partial charge in [-0.15, -0.1) is 10.2 Å². The molecule has 2 N–H and O–H groups in total. The monoisotopic (exact) mass is 414 g/mol. The lowest BCUT2D eigenvalue weighted by Gasteiger charge is -2.10. The molecule has 0 aliphatic carbocycles. The second-order valence-corrected chi connectivity index (χ2v) is 8.76. The van der Waals surface area contributed by atoms with Crippen LogP contribution in [0.15, 0.2) is 52.9 Å². The Balaban J connectivity index is 1.50. The first-order valence-electron chi connectivity index (χ1n) is 8.78. The second-order valence-electron chi connectivity index (χ2n) is 6.19. The lowest BCUT2D eigenvalue weighted by molar-refractivity contribution is -0.120. The first-order chi connectivity index (χ1) is 13.5. The molecule has 1 amide bonds. The third-order valence-corrected chi connectivity index (χ3v) is 6.00. The fraction of sp³-hybridized carbons (Fsp3) is 0.250. The standard InChI is InChI=1S/C20H22N4O2S2/c1-13-4-6-15(7-5-13)12-21-18(25)14(2)27-20-24-23-19(28-20)22-16-8-10-17(26-3)11-9-16/h4-11,14H,12H2,1-3H3,(H,21,25)(H,22,23)/t14-/m0/s1. The highest BCUT2D eigenvalue weighted by atomic mass is 32.2. The molecular formula is C20H22N4O2S2. The van der Waals surface area contributed by atoms with Crippen LogP contribution in [0, 0.1) is 6.92 Å². The normalized spacial score (nSPS) is 11.7. The maximum absolute atomic E-state index is 12.3. The van der Waals surface area contributed by atoms with Crippen molar-refractivity contribution in [2.75, 3.05) is 12.4 Å². The molecule has 0 saturated carbocycles. The molecule has 0 saturated heterocycles. The molecule has 1 heterocycles. The fourth-order valence-corrected chi connectivity index (χ4v) is 4.29. The Morgan fingerprint density at radius 1 is 1.14 bits per heavy atom. The minimum absolute atomic E-state index is 0.0227. The predicted octanol–water partition coefficient (Wildman–Crippen LogP) is 4.40. The van der Waals surface area contributed by atoms with Crippen LogP contribution in [-0.2, 0) is 11.3 Å². The van der Waals surface area contributed by atoms with Crippen molar-refractivity contribution in [1.82, 2.24) is 15.5 Å². The number of hydrogen-bond acceptors (Lipinski definition) is 7. The summed E-state index contributed by atoms with van der Waals surface area (Å²) in [7, 11) is 1.63. The minimum Gasteiger partial charge on any atom is -0.497 e. The van der Waals surface area contributed by atoms with Gasteiger partial charge in [0.1, 0.15) is 5.75 Å². The molecule has 2 aromatic carbocycles. The van der Waals surface area contributed by atoms with E-state index in [4.69, 9.17) is 4.74 Å². The summed E-state index contributed by atoms with van der Waals surface area (Å²) in [5, 5.41) is 14.9. The molecule has 8 heteroatoms. The van der Waals surface area contributed by atoms with Gasteiger partial charge in [0.15, 0.2) is 4.34 Å². The van der Waals surface area contributed by atoms with E-state index in [0.29, 0.717) is 11.7 Å². The van der Waals surface area contributed by atoms with Crippen molar-refractivity contribution >= 4 is 39.8 Å². The first kappa shape index (κ1) is 20.2. The summed E-state index contributed by atoms with van der Waals surface area (Å²) in [4.78, 5) is 12.3. The van der Waals surface area contributed by atoms with Gasteiger partial charge < -0.3 is 15.4 Å². The maximum Gasteiger partial charge on any atom is 0.233 e. The number of benzene rings is 2. The third-order valence-electron chi connectivity index (χ3n) is 3.98. The minimum atomic E-state index is -0.257. The molecule has 0 bridgehead atoms. The molecule has 3 aromatic rings. The molecule has 6 nitrogen and oxygen atoms in total. The summed E-state index contributed by atoms with van der Waals surface area (Å²) in [6.45, 7) is 4.43. The Kier molecular flexibility index (Phi) is 6.89. The van der Waals surface area contributed by atoms with Crippen LogP contribution >= 0.6 is 23.1 Å². The molecular weight excluding hydrogens is 392 g/mol. The van der Waals surface area contributed by atoms with Gasteiger partial charge in [-0.05, 0) is 43.7 Å². The number of rotatable bonds is 8. The lowest BCUT2D eigenvalue weighted by atomic mass is 10.1. The zero-order valence-corrected chi connectivity index (χ0v) is 17.6. The molecule has 1 atom stereocenters. The quantitative estimate of drug-likeness (QED) is 0.532. The van der Waals surface area contributed by atoms with Crippen molar-refractivity contribution in [3.8, 4) is 5.75 Å². The van der Waals surface area contributed by atoms with Gasteiger partial charge in [0, 0.05) is 12.2 Å². The van der Waals surface area contributed by atoms with Crippen LogP contribution in [0.25, 0.3) is 0 Å². The SMILES string of the molecule is COc1ccc(Nc2nnc(S[C@@H](C)C(=O)NCc3ccc(C)cc3)s2)cc1. The van der Waals surface area contributed by atoms with Gasteiger partial charge in [0.05, 0.1) is 12.4 Å². The highest BCUT2D eigenvalue weighted by Gasteiger charge is 2.17. The number of ether oxygens (including phenoxy) is 1. The van der Waals surface area contributed by atoms with E-state index >= 15 is 0 Å². The van der Waals surface area contributed by atoms with E-state index in [9.17, 15) is 4.79 Å². The first-order valence-corrected chi connectivity index (χ1v) is 10.5. The van der Waals surface area contributed by atoms with Gasteiger partial charge in [-0.1, -0.05) is 52.9 Å². The topological polar surface area (TPSA) is 76.1 Å². The van der Waals surface area contributed by atoms with Crippen molar-refractivity contribution in [2.24, 2.45) is 0 Å². The van der Waals surface area contributed by atoms with E-state index < -0.39 is 0 Å². The van der Waals surface area contributed by atoms with Gasteiger partial charge in [0.2, 0.25) is 11.0 Å². The van der Waals surface area contributed by atoms with Gasteiger partial charge >= 0.3 is 0 Å². The number of amides is 1. The molecule has 3 rings (SSSR count). The molecule has 146 valence electrons. The van der Waals surface area contributed by atoms with Crippen molar-refractivity contribution < 1.29 is 9.53 Å². The number of aromatic nitrogens is 2. The maximum atomic E-state index is 12.3. The molecule has 0 spiro atoms. The molecule has 0 aliphatic heterocycles. The Hall–Kier alpha value is -2.58. The average molecular weight is 415 g/mol. The van der Waals surface area contributed by atoms with Crippen molar-refractivity contribution in [3.63, 3.8) is 0 Å². The van der Waals surface area contributed by atoms with Crippen LogP contribution in [-0.4, -0.2) is 28.5 Å². The predicted molar refractivity (Wildman–Crippen MR) is 115 cm³/mol. The molecule has 0 aliphatic rings. The molecule has 1 aromatic heterocycles. The zero-order chi connectivity index (χ0) is 19.9. The Morgan fingerprint density at radius 3 is 2.54 bits per heavy atom. The van der Waals surface area contributed by atoms with Crippen LogP contribution in [0.2, 0.25) is 0 Å². The van der Waals surface area contributed by atoms with E-state index in [2.05, 4.69) is 20.8 Å². The van der Waals surface area contributed by atoms with E-state index in [-0.39, 0.29) is 11.2 Å². The summed E-state index contributed by atoms with van der Waals surface area (Å²) in [6, 6.07) is 15.7. The smallest absolute Gasteiger partial charge is 0.233 e. The second kappa shape index (κ2) is 9.57. The summed E-state index contributed by atoms with van der Waals surface area (Å²) in [5.74, 6) is 0.773. The number of thioether (sulfide) groups is 1. The number of carbonyl (C=O) groups is 1. The molecule has 28 heavy (non-hydrogen) atoms. The summed E-state index contributed by atoms with van der Waals surface area (Å²) in [5.41, 5.74) is 3.18. The molecule has 0 fully saturated rings. The number of aryl methyl sites for hydroxylation is 1. The van der Waals surface area contributed by atoms with E-state index in [1.165, 1.54) is 28.7 Å². The number of anilines is 2. The third kappa shape index (κ3) is 5.71. The van der Waals surface area contributed by atoms with Crippen LogP contribution in [0.5, 0.6) is 5.75 Å². The summed E-state index contributed by atoms with van der Waals surface area (Å²) < 4.78 is 5.89. The highest BCUT2D eigenvalue weighted by Crippen LogP contribution is 2.30. The lowest BCUT2D eigenvalue weighted by Crippen LogP contribution is -2.30. The Labute approximate surface area is 172 Å². The highest BCUT2D eigenvalue weighted by molar-refractivity contribution is 8.02. The Morgan fingerprint density at radius 2 is 1.86 bits per heavy atom. The summed E-state index contributed by atoms with van der Waals surface area (Å²) >= 11 is 2.82. The van der Waals surface area contributed by atoms with Crippen LogP contribution in [0.1, 0.15) is 18.1 Å². The van der Waals surface area contributed by atoms with E-state index in [0.717, 1.165) is 21.3 Å². The van der Waals surface area contributed by atoms with Gasteiger partial charge in [-0.3, -0.25) is 4.79 Å². The van der Waals surface area contributed by atoms with Gasteiger partial charge in [0.25, 0.3) is 0 Å².